The Labute approximate surface area is 96.3 Å². The fourth-order valence-electron chi connectivity index (χ4n) is 2.07. The normalized spacial score (nSPS) is 19.0. The third-order valence-electron chi connectivity index (χ3n) is 3.13. The van der Waals surface area contributed by atoms with Crippen LogP contribution in [-0.2, 0) is 6.54 Å². The van der Waals surface area contributed by atoms with E-state index in [9.17, 15) is 5.26 Å². The molecule has 1 aromatic heterocycles. The zero-order valence-corrected chi connectivity index (χ0v) is 9.69. The van der Waals surface area contributed by atoms with Gasteiger partial charge in [-0.1, -0.05) is 6.92 Å². The number of nitriles is 1. The number of hydrogen-bond acceptors (Lipinski definition) is 3. The van der Waals surface area contributed by atoms with Crippen LogP contribution in [0.25, 0.3) is 0 Å². The number of aromatic nitrogens is 2. The van der Waals surface area contributed by atoms with Crippen molar-refractivity contribution in [3.05, 3.63) is 18.5 Å². The summed E-state index contributed by atoms with van der Waals surface area (Å²) < 4.78 is 1.85. The molecule has 0 spiro atoms. The molecule has 1 atom stereocenters. The molecule has 2 rings (SSSR count). The van der Waals surface area contributed by atoms with E-state index in [1.54, 1.807) is 6.20 Å². The molecule has 1 heterocycles. The van der Waals surface area contributed by atoms with Crippen molar-refractivity contribution in [2.75, 3.05) is 6.54 Å². The third-order valence-corrected chi connectivity index (χ3v) is 3.13. The smallest absolute Gasteiger partial charge is 0.129 e. The van der Waals surface area contributed by atoms with E-state index in [1.165, 1.54) is 0 Å². The second kappa shape index (κ2) is 4.67. The van der Waals surface area contributed by atoms with Crippen molar-refractivity contribution in [1.82, 2.24) is 15.1 Å². The van der Waals surface area contributed by atoms with Crippen LogP contribution < -0.4 is 5.32 Å². The second-order valence-electron chi connectivity index (χ2n) is 4.49. The van der Waals surface area contributed by atoms with E-state index >= 15 is 0 Å². The first-order valence-corrected chi connectivity index (χ1v) is 5.94. The van der Waals surface area contributed by atoms with Gasteiger partial charge < -0.3 is 0 Å². The molecule has 0 radical (unpaired) electrons. The summed E-state index contributed by atoms with van der Waals surface area (Å²) in [5.41, 5.74) is -0.415. The van der Waals surface area contributed by atoms with Crippen LogP contribution in [0.3, 0.4) is 0 Å². The van der Waals surface area contributed by atoms with E-state index in [0.29, 0.717) is 12.5 Å². The Bertz CT molecular complexity index is 361. The fourth-order valence-corrected chi connectivity index (χ4v) is 2.07. The summed E-state index contributed by atoms with van der Waals surface area (Å²) in [6, 6.07) is 4.38. The first kappa shape index (κ1) is 11.2. The predicted molar refractivity (Wildman–Crippen MR) is 61.6 cm³/mol. The van der Waals surface area contributed by atoms with Gasteiger partial charge in [-0.25, -0.2) is 0 Å². The van der Waals surface area contributed by atoms with Crippen LogP contribution >= 0.6 is 0 Å². The largest absolute Gasteiger partial charge is 0.298 e. The van der Waals surface area contributed by atoms with Gasteiger partial charge in [0.15, 0.2) is 0 Å². The van der Waals surface area contributed by atoms with E-state index < -0.39 is 5.54 Å². The molecule has 1 aliphatic rings. The minimum Gasteiger partial charge on any atom is -0.298 e. The fraction of sp³-hybridized carbons (Fsp3) is 0.667. The molecule has 0 amide bonds. The Hall–Kier alpha value is -1.34. The van der Waals surface area contributed by atoms with Crippen molar-refractivity contribution < 1.29 is 0 Å². The molecule has 0 aromatic carbocycles. The zero-order valence-electron chi connectivity index (χ0n) is 9.69. The molecule has 1 N–H and O–H groups in total. The van der Waals surface area contributed by atoms with Gasteiger partial charge in [0.05, 0.1) is 12.6 Å². The van der Waals surface area contributed by atoms with Gasteiger partial charge >= 0.3 is 0 Å². The van der Waals surface area contributed by atoms with Gasteiger partial charge in [-0.15, -0.1) is 0 Å². The van der Waals surface area contributed by atoms with Crippen LogP contribution in [0, 0.1) is 17.2 Å². The highest BCUT2D eigenvalue weighted by molar-refractivity contribution is 5.15. The number of nitrogens with one attached hydrogen (secondary N) is 1. The molecule has 1 unspecified atom stereocenters. The van der Waals surface area contributed by atoms with Crippen LogP contribution in [0.5, 0.6) is 0 Å². The predicted octanol–water partition coefficient (Wildman–Crippen LogP) is 1.56. The van der Waals surface area contributed by atoms with Crippen molar-refractivity contribution in [2.45, 2.75) is 38.3 Å². The summed E-state index contributed by atoms with van der Waals surface area (Å²) in [6.07, 6.45) is 7.04. The van der Waals surface area contributed by atoms with Gasteiger partial charge in [0.2, 0.25) is 0 Å². The molecule has 0 saturated heterocycles. The monoisotopic (exact) mass is 218 g/mol. The summed E-state index contributed by atoms with van der Waals surface area (Å²) in [5.74, 6) is 0.494. The molecule has 16 heavy (non-hydrogen) atoms. The summed E-state index contributed by atoms with van der Waals surface area (Å²) >= 11 is 0. The Morgan fingerprint density at radius 3 is 2.94 bits per heavy atom. The SMILES string of the molecule is CCCNC(C#N)(Cn1cccn1)C1CC1. The molecule has 1 aliphatic carbocycles. The van der Waals surface area contributed by atoms with E-state index in [2.05, 4.69) is 23.4 Å². The van der Waals surface area contributed by atoms with E-state index in [0.717, 1.165) is 25.8 Å². The third kappa shape index (κ3) is 2.25. The maximum absolute atomic E-state index is 9.46. The lowest BCUT2D eigenvalue weighted by atomic mass is 9.94. The summed E-state index contributed by atoms with van der Waals surface area (Å²) in [4.78, 5) is 0. The molecule has 86 valence electrons. The molecular weight excluding hydrogens is 200 g/mol. The first-order valence-electron chi connectivity index (χ1n) is 5.94. The first-order chi connectivity index (χ1) is 7.80. The second-order valence-corrected chi connectivity index (χ2v) is 4.49. The lowest BCUT2D eigenvalue weighted by molar-refractivity contribution is 0.306. The summed E-state index contributed by atoms with van der Waals surface area (Å²) in [6.45, 7) is 3.67. The van der Waals surface area contributed by atoms with E-state index in [1.807, 2.05) is 16.9 Å². The number of nitrogens with zero attached hydrogens (tertiary/aromatic N) is 3. The highest BCUT2D eigenvalue weighted by Gasteiger charge is 2.45. The molecular formula is C12H18N4. The summed E-state index contributed by atoms with van der Waals surface area (Å²) in [5, 5.41) is 17.1. The average molecular weight is 218 g/mol. The molecule has 1 fully saturated rings. The van der Waals surface area contributed by atoms with Crippen molar-refractivity contribution in [2.24, 2.45) is 5.92 Å². The number of hydrogen-bond donors (Lipinski definition) is 1. The molecule has 0 bridgehead atoms. The topological polar surface area (TPSA) is 53.6 Å². The maximum Gasteiger partial charge on any atom is 0.129 e. The Morgan fingerprint density at radius 2 is 2.44 bits per heavy atom. The van der Waals surface area contributed by atoms with Gasteiger partial charge in [-0.2, -0.15) is 10.4 Å². The van der Waals surface area contributed by atoms with Crippen LogP contribution in [0.1, 0.15) is 26.2 Å². The Kier molecular flexibility index (Phi) is 3.25. The van der Waals surface area contributed by atoms with Crippen LogP contribution in [0.4, 0.5) is 0 Å². The van der Waals surface area contributed by atoms with Gasteiger partial charge in [0.1, 0.15) is 5.54 Å². The lowest BCUT2D eigenvalue weighted by Crippen LogP contribution is -2.50. The summed E-state index contributed by atoms with van der Waals surface area (Å²) in [7, 11) is 0. The highest BCUT2D eigenvalue weighted by Crippen LogP contribution is 2.40. The van der Waals surface area contributed by atoms with Crippen LogP contribution in [0.2, 0.25) is 0 Å². The molecule has 0 aliphatic heterocycles. The van der Waals surface area contributed by atoms with Crippen molar-refractivity contribution in [3.63, 3.8) is 0 Å². The zero-order chi connectivity index (χ0) is 11.4. The minimum absolute atomic E-state index is 0.415. The van der Waals surface area contributed by atoms with Crippen molar-refractivity contribution in [1.29, 1.82) is 5.26 Å². The molecule has 4 nitrogen and oxygen atoms in total. The van der Waals surface area contributed by atoms with E-state index in [4.69, 9.17) is 0 Å². The maximum atomic E-state index is 9.46. The Morgan fingerprint density at radius 1 is 1.62 bits per heavy atom. The van der Waals surface area contributed by atoms with Crippen molar-refractivity contribution in [3.8, 4) is 6.07 Å². The van der Waals surface area contributed by atoms with Gasteiger partial charge in [-0.3, -0.25) is 10.00 Å². The highest BCUT2D eigenvalue weighted by atomic mass is 15.3. The van der Waals surface area contributed by atoms with Gasteiger partial charge in [-0.05, 0) is 37.8 Å². The molecule has 4 heteroatoms. The number of rotatable bonds is 6. The van der Waals surface area contributed by atoms with Gasteiger partial charge in [0.25, 0.3) is 0 Å². The quantitative estimate of drug-likeness (QED) is 0.788. The van der Waals surface area contributed by atoms with Crippen LogP contribution in [-0.4, -0.2) is 21.9 Å². The molecule has 1 saturated carbocycles. The lowest BCUT2D eigenvalue weighted by Gasteiger charge is -2.27. The van der Waals surface area contributed by atoms with E-state index in [-0.39, 0.29) is 0 Å². The Balaban J connectivity index is 2.10. The standard InChI is InChI=1S/C12H18N4/c1-2-6-14-12(9-13,11-4-5-11)10-16-8-3-7-15-16/h3,7-8,11,14H,2,4-6,10H2,1H3. The molecule has 1 aromatic rings. The average Bonchev–Trinajstić information content (AvgIpc) is 3.05. The van der Waals surface area contributed by atoms with Crippen molar-refractivity contribution >= 4 is 0 Å². The van der Waals surface area contributed by atoms with Crippen LogP contribution in [0.15, 0.2) is 18.5 Å². The van der Waals surface area contributed by atoms with Gasteiger partial charge in [0, 0.05) is 12.4 Å². The minimum atomic E-state index is -0.415.